The van der Waals surface area contributed by atoms with E-state index in [-0.39, 0.29) is 17.7 Å². The Balaban J connectivity index is 2.56. The Bertz CT molecular complexity index is 586. The number of pyridine rings is 1. The third-order valence-electron chi connectivity index (χ3n) is 2.32. The highest BCUT2D eigenvalue weighted by Gasteiger charge is 2.10. The lowest BCUT2D eigenvalue weighted by molar-refractivity contribution is -0.134. The number of rotatable bonds is 3. The van der Waals surface area contributed by atoms with Gasteiger partial charge in [-0.15, -0.1) is 0 Å². The molecule has 0 unspecified atom stereocenters. The third kappa shape index (κ3) is 2.10. The number of nitrogens with zero attached hydrogens (tertiary/aromatic N) is 1. The van der Waals surface area contributed by atoms with Crippen molar-refractivity contribution in [3.63, 3.8) is 0 Å². The first-order chi connectivity index (χ1) is 8.09. The molecule has 88 valence electrons. The molecule has 17 heavy (non-hydrogen) atoms. The second-order valence-corrected chi connectivity index (χ2v) is 3.47. The molecule has 0 amide bonds. The van der Waals surface area contributed by atoms with Crippen molar-refractivity contribution >= 4 is 28.2 Å². The summed E-state index contributed by atoms with van der Waals surface area (Å²) < 4.78 is 13.7. The van der Waals surface area contributed by atoms with Crippen molar-refractivity contribution in [2.75, 3.05) is 17.6 Å². The minimum absolute atomic E-state index is 0.176. The zero-order chi connectivity index (χ0) is 12.4. The highest BCUT2D eigenvalue weighted by atomic mass is 19.1. The molecular formula is C11H10FN3O2. The lowest BCUT2D eigenvalue weighted by atomic mass is 10.1. The zero-order valence-corrected chi connectivity index (χ0v) is 8.77. The van der Waals surface area contributed by atoms with Crippen molar-refractivity contribution in [3.8, 4) is 0 Å². The van der Waals surface area contributed by atoms with E-state index in [1.54, 1.807) is 6.07 Å². The first-order valence-electron chi connectivity index (χ1n) is 4.88. The number of nitrogens with one attached hydrogen (secondary N) is 1. The van der Waals surface area contributed by atoms with Crippen LogP contribution in [-0.2, 0) is 4.79 Å². The number of aromatic nitrogens is 1. The number of carboxylic acids is 1. The molecule has 0 radical (unpaired) electrons. The SMILES string of the molecule is Nc1ccc(F)c2c(NCC(=O)O)nccc12. The third-order valence-corrected chi connectivity index (χ3v) is 2.32. The molecule has 0 aliphatic rings. The van der Waals surface area contributed by atoms with E-state index in [9.17, 15) is 9.18 Å². The Hall–Kier alpha value is -2.37. The number of hydrogen-bond donors (Lipinski definition) is 3. The molecule has 6 heteroatoms. The van der Waals surface area contributed by atoms with Gasteiger partial charge in [-0.25, -0.2) is 9.37 Å². The summed E-state index contributed by atoms with van der Waals surface area (Å²) in [6, 6.07) is 4.27. The van der Waals surface area contributed by atoms with Crippen molar-refractivity contribution in [2.45, 2.75) is 0 Å². The summed E-state index contributed by atoms with van der Waals surface area (Å²) in [6.07, 6.45) is 1.45. The smallest absolute Gasteiger partial charge is 0.322 e. The fourth-order valence-electron chi connectivity index (χ4n) is 1.57. The number of nitrogen functional groups attached to an aromatic ring is 1. The number of fused-ring (bicyclic) bond motifs is 1. The second-order valence-electron chi connectivity index (χ2n) is 3.47. The number of benzene rings is 1. The molecule has 2 rings (SSSR count). The van der Waals surface area contributed by atoms with Crippen molar-refractivity contribution in [1.82, 2.24) is 4.98 Å². The molecule has 0 saturated carbocycles. The van der Waals surface area contributed by atoms with Crippen LogP contribution in [0, 0.1) is 5.82 Å². The van der Waals surface area contributed by atoms with Gasteiger partial charge >= 0.3 is 5.97 Å². The quantitative estimate of drug-likeness (QED) is 0.701. The maximum atomic E-state index is 13.7. The normalized spacial score (nSPS) is 10.4. The van der Waals surface area contributed by atoms with Crippen LogP contribution in [-0.4, -0.2) is 22.6 Å². The average Bonchev–Trinajstić information content (AvgIpc) is 2.31. The van der Waals surface area contributed by atoms with E-state index >= 15 is 0 Å². The van der Waals surface area contributed by atoms with E-state index in [0.29, 0.717) is 11.1 Å². The van der Waals surface area contributed by atoms with Gasteiger partial charge in [0, 0.05) is 17.3 Å². The summed E-state index contributed by atoms with van der Waals surface area (Å²) in [4.78, 5) is 14.4. The molecule has 0 bridgehead atoms. The van der Waals surface area contributed by atoms with Crippen molar-refractivity contribution in [1.29, 1.82) is 0 Å². The van der Waals surface area contributed by atoms with Gasteiger partial charge in [0.25, 0.3) is 0 Å². The molecule has 5 nitrogen and oxygen atoms in total. The molecule has 0 saturated heterocycles. The van der Waals surface area contributed by atoms with E-state index in [4.69, 9.17) is 10.8 Å². The number of nitrogens with two attached hydrogens (primary N) is 1. The monoisotopic (exact) mass is 235 g/mol. The first kappa shape index (κ1) is 11.1. The Kier molecular flexibility index (Phi) is 2.78. The minimum Gasteiger partial charge on any atom is -0.480 e. The maximum Gasteiger partial charge on any atom is 0.322 e. The number of carboxylic acid groups (broad SMARTS) is 1. The van der Waals surface area contributed by atoms with Gasteiger partial charge < -0.3 is 16.2 Å². The van der Waals surface area contributed by atoms with Gasteiger partial charge in [-0.05, 0) is 18.2 Å². The lowest BCUT2D eigenvalue weighted by Gasteiger charge is -2.09. The Morgan fingerprint density at radius 3 is 2.94 bits per heavy atom. The van der Waals surface area contributed by atoms with Gasteiger partial charge in [0.2, 0.25) is 0 Å². The van der Waals surface area contributed by atoms with E-state index in [1.807, 2.05) is 0 Å². The predicted molar refractivity (Wildman–Crippen MR) is 62.2 cm³/mol. The molecular weight excluding hydrogens is 225 g/mol. The molecule has 0 aliphatic heterocycles. The van der Waals surface area contributed by atoms with Gasteiger partial charge in [0.1, 0.15) is 18.2 Å². The van der Waals surface area contributed by atoms with E-state index in [2.05, 4.69) is 10.3 Å². The molecule has 0 spiro atoms. The number of anilines is 2. The highest BCUT2D eigenvalue weighted by Crippen LogP contribution is 2.28. The number of hydrogen-bond acceptors (Lipinski definition) is 4. The van der Waals surface area contributed by atoms with Gasteiger partial charge in [-0.1, -0.05) is 0 Å². The molecule has 2 aromatic rings. The largest absolute Gasteiger partial charge is 0.480 e. The minimum atomic E-state index is -1.05. The van der Waals surface area contributed by atoms with E-state index < -0.39 is 11.8 Å². The van der Waals surface area contributed by atoms with Crippen LogP contribution in [0.2, 0.25) is 0 Å². The molecule has 0 atom stereocenters. The van der Waals surface area contributed by atoms with Crippen LogP contribution in [0.5, 0.6) is 0 Å². The van der Waals surface area contributed by atoms with Crippen molar-refractivity contribution in [2.24, 2.45) is 0 Å². The summed E-state index contributed by atoms with van der Waals surface area (Å²) in [7, 11) is 0. The van der Waals surface area contributed by atoms with Gasteiger partial charge in [0.05, 0.1) is 5.39 Å². The summed E-state index contributed by atoms with van der Waals surface area (Å²) in [5, 5.41) is 11.8. The van der Waals surface area contributed by atoms with Crippen LogP contribution < -0.4 is 11.1 Å². The standard InChI is InChI=1S/C11H10FN3O2/c12-7-1-2-8(13)6-3-4-14-11(10(6)7)15-5-9(16)17/h1-4H,5,13H2,(H,14,15)(H,16,17). The first-order valence-corrected chi connectivity index (χ1v) is 4.88. The topological polar surface area (TPSA) is 88.2 Å². The van der Waals surface area contributed by atoms with Crippen molar-refractivity contribution < 1.29 is 14.3 Å². The number of carbonyl (C=O) groups is 1. The van der Waals surface area contributed by atoms with Gasteiger partial charge in [0.15, 0.2) is 0 Å². The summed E-state index contributed by atoms with van der Waals surface area (Å²) >= 11 is 0. The van der Waals surface area contributed by atoms with Crippen LogP contribution in [0.15, 0.2) is 24.4 Å². The fourth-order valence-corrected chi connectivity index (χ4v) is 1.57. The Labute approximate surface area is 96.1 Å². The zero-order valence-electron chi connectivity index (χ0n) is 8.77. The van der Waals surface area contributed by atoms with Gasteiger partial charge in [-0.2, -0.15) is 0 Å². The van der Waals surface area contributed by atoms with Crippen LogP contribution in [0.4, 0.5) is 15.9 Å². The molecule has 1 aromatic heterocycles. The highest BCUT2D eigenvalue weighted by molar-refractivity contribution is 5.99. The number of halogens is 1. The Morgan fingerprint density at radius 2 is 2.24 bits per heavy atom. The maximum absolute atomic E-state index is 13.7. The molecule has 0 fully saturated rings. The molecule has 1 heterocycles. The van der Waals surface area contributed by atoms with Gasteiger partial charge in [-0.3, -0.25) is 4.79 Å². The fraction of sp³-hybridized carbons (Fsp3) is 0.0909. The average molecular weight is 235 g/mol. The van der Waals surface area contributed by atoms with E-state index in [0.717, 1.165) is 0 Å². The van der Waals surface area contributed by atoms with Crippen LogP contribution in [0.25, 0.3) is 10.8 Å². The summed E-state index contributed by atoms with van der Waals surface area (Å²) in [5.74, 6) is -1.36. The predicted octanol–water partition coefficient (Wildman–Crippen LogP) is 1.45. The molecule has 0 aliphatic carbocycles. The van der Waals surface area contributed by atoms with E-state index in [1.165, 1.54) is 18.3 Å². The van der Waals surface area contributed by atoms with Crippen LogP contribution in [0.3, 0.4) is 0 Å². The summed E-state index contributed by atoms with van der Waals surface area (Å²) in [6.45, 7) is -0.333. The number of aliphatic carboxylic acids is 1. The van der Waals surface area contributed by atoms with Crippen LogP contribution >= 0.6 is 0 Å². The van der Waals surface area contributed by atoms with Crippen LogP contribution in [0.1, 0.15) is 0 Å². The van der Waals surface area contributed by atoms with Crippen molar-refractivity contribution in [3.05, 3.63) is 30.2 Å². The second kappa shape index (κ2) is 4.25. The molecule has 1 aromatic carbocycles. The lowest BCUT2D eigenvalue weighted by Crippen LogP contribution is -2.13. The summed E-state index contributed by atoms with van der Waals surface area (Å²) in [5.41, 5.74) is 6.13. The Morgan fingerprint density at radius 1 is 1.47 bits per heavy atom. The molecule has 4 N–H and O–H groups in total.